The lowest BCUT2D eigenvalue weighted by molar-refractivity contribution is 0.0694. The van der Waals surface area contributed by atoms with Crippen LogP contribution in [0.25, 0.3) is 0 Å². The maximum Gasteiger partial charge on any atom is 0.339 e. The molecule has 1 fully saturated rings. The highest BCUT2D eigenvalue weighted by atomic mass is 32.2. The summed E-state index contributed by atoms with van der Waals surface area (Å²) in [6.07, 6.45) is 5.66. The Morgan fingerprint density at radius 3 is 3.00 bits per heavy atom. The van der Waals surface area contributed by atoms with E-state index < -0.39 is 5.97 Å². The highest BCUT2D eigenvalue weighted by Crippen LogP contribution is 2.36. The van der Waals surface area contributed by atoms with Crippen LogP contribution in [0.4, 0.5) is 0 Å². The lowest BCUT2D eigenvalue weighted by Gasteiger charge is -2.20. The summed E-state index contributed by atoms with van der Waals surface area (Å²) >= 11 is 1.88. The van der Waals surface area contributed by atoms with Crippen molar-refractivity contribution in [3.63, 3.8) is 0 Å². The average Bonchev–Trinajstić information content (AvgIpc) is 2.39. The molecule has 2 rings (SSSR count). The first-order valence-electron chi connectivity index (χ1n) is 5.93. The molecule has 0 saturated carbocycles. The lowest BCUT2D eigenvalue weighted by atomic mass is 10.1. The minimum absolute atomic E-state index is 0.233. The number of aromatic nitrogens is 2. The van der Waals surface area contributed by atoms with Gasteiger partial charge >= 0.3 is 5.97 Å². The highest BCUT2D eigenvalue weighted by Gasteiger charge is 2.20. The van der Waals surface area contributed by atoms with Crippen molar-refractivity contribution in [2.75, 3.05) is 5.75 Å². The third-order valence-electron chi connectivity index (χ3n) is 2.92. The number of thioether (sulfide) groups is 1. The van der Waals surface area contributed by atoms with Gasteiger partial charge < -0.3 is 5.11 Å². The number of hydrogen-bond donors (Lipinski definition) is 1. The Balaban J connectivity index is 2.27. The van der Waals surface area contributed by atoms with Crippen molar-refractivity contribution in [3.8, 4) is 0 Å². The van der Waals surface area contributed by atoms with Gasteiger partial charge in [-0.05, 0) is 25.0 Å². The molecule has 1 atom stereocenters. The summed E-state index contributed by atoms with van der Waals surface area (Å²) in [5, 5.41) is 9.36. The van der Waals surface area contributed by atoms with Crippen LogP contribution in [0.3, 0.4) is 0 Å². The van der Waals surface area contributed by atoms with Gasteiger partial charge in [0.05, 0.1) is 16.5 Å². The van der Waals surface area contributed by atoms with Crippen LogP contribution in [0, 0.1) is 0 Å². The van der Waals surface area contributed by atoms with Crippen LogP contribution < -0.4 is 0 Å². The van der Waals surface area contributed by atoms with Gasteiger partial charge in [-0.3, -0.25) is 0 Å². The summed E-state index contributed by atoms with van der Waals surface area (Å²) in [5.74, 6) is 1.01. The zero-order valence-electron chi connectivity index (χ0n) is 9.85. The third kappa shape index (κ3) is 2.77. The Labute approximate surface area is 105 Å². The highest BCUT2D eigenvalue weighted by molar-refractivity contribution is 7.99. The van der Waals surface area contributed by atoms with E-state index in [4.69, 9.17) is 5.11 Å². The first-order chi connectivity index (χ1) is 8.22. The first-order valence-corrected chi connectivity index (χ1v) is 6.98. The zero-order chi connectivity index (χ0) is 12.3. The summed E-state index contributed by atoms with van der Waals surface area (Å²) in [7, 11) is 0. The fraction of sp³-hybridized carbons (Fsp3) is 0.583. The smallest absolute Gasteiger partial charge is 0.339 e. The molecule has 0 aliphatic carbocycles. The molecule has 1 aromatic heterocycles. The SMILES string of the molecule is CCc1nc(C2CCCCS2)ncc1C(=O)O. The van der Waals surface area contributed by atoms with Gasteiger partial charge in [0.1, 0.15) is 5.82 Å². The van der Waals surface area contributed by atoms with Gasteiger partial charge in [0, 0.05) is 6.20 Å². The number of nitrogens with zero attached hydrogens (tertiary/aromatic N) is 2. The van der Waals surface area contributed by atoms with Gasteiger partial charge in [-0.15, -0.1) is 0 Å². The molecule has 17 heavy (non-hydrogen) atoms. The molecule has 1 aliphatic heterocycles. The second-order valence-corrected chi connectivity index (χ2v) is 5.41. The molecule has 1 aliphatic rings. The summed E-state index contributed by atoms with van der Waals surface area (Å²) in [5.41, 5.74) is 0.880. The summed E-state index contributed by atoms with van der Waals surface area (Å²) in [4.78, 5) is 19.6. The van der Waals surface area contributed by atoms with Gasteiger partial charge in [0.2, 0.25) is 0 Å². The minimum Gasteiger partial charge on any atom is -0.478 e. The van der Waals surface area contributed by atoms with Gasteiger partial charge in [0.15, 0.2) is 0 Å². The Hall–Kier alpha value is -1.10. The molecule has 0 bridgehead atoms. The summed E-state index contributed by atoms with van der Waals surface area (Å²) in [6.45, 7) is 1.92. The number of hydrogen-bond acceptors (Lipinski definition) is 4. The molecule has 5 heteroatoms. The first kappa shape index (κ1) is 12.4. The molecule has 1 N–H and O–H groups in total. The molecular formula is C12H16N2O2S. The van der Waals surface area contributed by atoms with Crippen LogP contribution in [-0.2, 0) is 6.42 Å². The number of aromatic carboxylic acids is 1. The summed E-state index contributed by atoms with van der Waals surface area (Å²) < 4.78 is 0. The van der Waals surface area contributed by atoms with E-state index in [1.165, 1.54) is 19.0 Å². The monoisotopic (exact) mass is 252 g/mol. The molecule has 0 aromatic carbocycles. The Morgan fingerprint density at radius 2 is 2.41 bits per heavy atom. The second kappa shape index (κ2) is 5.49. The second-order valence-electron chi connectivity index (χ2n) is 4.10. The van der Waals surface area contributed by atoms with Gasteiger partial charge in [-0.25, -0.2) is 14.8 Å². The van der Waals surface area contributed by atoms with Gasteiger partial charge in [-0.2, -0.15) is 11.8 Å². The molecule has 4 nitrogen and oxygen atoms in total. The number of carbonyl (C=O) groups is 1. The van der Waals surface area contributed by atoms with Crippen LogP contribution >= 0.6 is 11.8 Å². The summed E-state index contributed by atoms with van der Waals surface area (Å²) in [6, 6.07) is 0. The van der Waals surface area contributed by atoms with E-state index in [1.807, 2.05) is 18.7 Å². The standard InChI is InChI=1S/C12H16N2O2S/c1-2-9-8(12(15)16)7-13-11(14-9)10-5-3-4-6-17-10/h7,10H,2-6H2,1H3,(H,15,16). The predicted molar refractivity (Wildman–Crippen MR) is 67.4 cm³/mol. The van der Waals surface area contributed by atoms with Crippen molar-refractivity contribution in [1.82, 2.24) is 9.97 Å². The molecule has 0 spiro atoms. The number of aryl methyl sites for hydroxylation is 1. The van der Waals surface area contributed by atoms with Crippen molar-refractivity contribution < 1.29 is 9.90 Å². The quantitative estimate of drug-likeness (QED) is 0.896. The van der Waals surface area contributed by atoms with Crippen molar-refractivity contribution in [3.05, 3.63) is 23.3 Å². The van der Waals surface area contributed by atoms with Crippen LogP contribution in [0.1, 0.15) is 53.3 Å². The fourth-order valence-electron chi connectivity index (χ4n) is 1.98. The number of rotatable bonds is 3. The van der Waals surface area contributed by atoms with Crippen LogP contribution in [0.5, 0.6) is 0 Å². The molecule has 92 valence electrons. The molecule has 0 radical (unpaired) electrons. The Morgan fingerprint density at radius 1 is 1.59 bits per heavy atom. The van der Waals surface area contributed by atoms with E-state index in [-0.39, 0.29) is 5.56 Å². The number of carboxylic acid groups (broad SMARTS) is 1. The topological polar surface area (TPSA) is 63.1 Å². The predicted octanol–water partition coefficient (Wildman–Crippen LogP) is 2.70. The van der Waals surface area contributed by atoms with E-state index in [0.29, 0.717) is 17.4 Å². The van der Waals surface area contributed by atoms with Crippen LogP contribution in [-0.4, -0.2) is 26.8 Å². The lowest BCUT2D eigenvalue weighted by Crippen LogP contribution is -2.12. The van der Waals surface area contributed by atoms with Crippen molar-refractivity contribution in [2.45, 2.75) is 37.9 Å². The average molecular weight is 252 g/mol. The zero-order valence-corrected chi connectivity index (χ0v) is 10.7. The molecule has 1 saturated heterocycles. The number of carboxylic acids is 1. The van der Waals surface area contributed by atoms with E-state index in [2.05, 4.69) is 9.97 Å². The van der Waals surface area contributed by atoms with Gasteiger partial charge in [-0.1, -0.05) is 13.3 Å². The van der Waals surface area contributed by atoms with Gasteiger partial charge in [0.25, 0.3) is 0 Å². The minimum atomic E-state index is -0.940. The normalized spacial score (nSPS) is 20.2. The Bertz CT molecular complexity index is 417. The van der Waals surface area contributed by atoms with Crippen molar-refractivity contribution in [2.24, 2.45) is 0 Å². The molecule has 0 amide bonds. The third-order valence-corrected chi connectivity index (χ3v) is 4.29. The molecular weight excluding hydrogens is 236 g/mol. The van der Waals surface area contributed by atoms with Crippen molar-refractivity contribution >= 4 is 17.7 Å². The molecule has 1 unspecified atom stereocenters. The maximum absolute atomic E-state index is 11.0. The van der Waals surface area contributed by atoms with Crippen LogP contribution in [0.15, 0.2) is 6.20 Å². The van der Waals surface area contributed by atoms with Crippen molar-refractivity contribution in [1.29, 1.82) is 0 Å². The van der Waals surface area contributed by atoms with E-state index in [0.717, 1.165) is 18.0 Å². The molecule has 2 heterocycles. The van der Waals surface area contributed by atoms with E-state index in [9.17, 15) is 4.79 Å². The van der Waals surface area contributed by atoms with E-state index in [1.54, 1.807) is 0 Å². The largest absolute Gasteiger partial charge is 0.478 e. The molecule has 1 aromatic rings. The van der Waals surface area contributed by atoms with Crippen LogP contribution in [0.2, 0.25) is 0 Å². The fourth-order valence-corrected chi connectivity index (χ4v) is 3.23. The maximum atomic E-state index is 11.0. The van der Waals surface area contributed by atoms with E-state index >= 15 is 0 Å². The Kier molecular flexibility index (Phi) is 3.99.